The van der Waals surface area contributed by atoms with Crippen LogP contribution in [0.1, 0.15) is 24.1 Å². The highest BCUT2D eigenvalue weighted by molar-refractivity contribution is 5.79. The van der Waals surface area contributed by atoms with Gasteiger partial charge in [0, 0.05) is 26.2 Å². The van der Waals surface area contributed by atoms with Gasteiger partial charge < -0.3 is 19.7 Å². The van der Waals surface area contributed by atoms with Crippen molar-refractivity contribution >= 4 is 12.0 Å². The van der Waals surface area contributed by atoms with Gasteiger partial charge in [0.15, 0.2) is 0 Å². The number of carbonyl (C=O) groups is 2. The van der Waals surface area contributed by atoms with Gasteiger partial charge in [-0.2, -0.15) is 0 Å². The molecule has 1 saturated heterocycles. The van der Waals surface area contributed by atoms with Crippen LogP contribution < -0.4 is 10.1 Å². The van der Waals surface area contributed by atoms with E-state index >= 15 is 0 Å². The lowest BCUT2D eigenvalue weighted by atomic mass is 9.98. The lowest BCUT2D eigenvalue weighted by Gasteiger charge is -2.33. The van der Waals surface area contributed by atoms with E-state index in [-0.39, 0.29) is 24.6 Å². The fourth-order valence-electron chi connectivity index (χ4n) is 3.51. The Bertz CT molecular complexity index is 818. The van der Waals surface area contributed by atoms with Crippen LogP contribution in [0.2, 0.25) is 0 Å². The summed E-state index contributed by atoms with van der Waals surface area (Å²) >= 11 is 0. The highest BCUT2D eigenvalue weighted by Crippen LogP contribution is 2.24. The zero-order chi connectivity index (χ0) is 21.3. The number of hydrogen-bond acceptors (Lipinski definition) is 5. The van der Waals surface area contributed by atoms with Crippen LogP contribution in [0.4, 0.5) is 4.79 Å². The predicted molar refractivity (Wildman–Crippen MR) is 114 cm³/mol. The summed E-state index contributed by atoms with van der Waals surface area (Å²) in [4.78, 5) is 28.4. The number of amides is 2. The molecule has 7 heteroatoms. The Hall–Kier alpha value is -3.06. The molecule has 2 amide bonds. The molecule has 1 atom stereocenters. The molecule has 0 spiro atoms. The summed E-state index contributed by atoms with van der Waals surface area (Å²) in [5.74, 6) is 0.723. The molecule has 160 valence electrons. The zero-order valence-electron chi connectivity index (χ0n) is 17.5. The number of hydrogen-bond donors (Lipinski definition) is 1. The maximum atomic E-state index is 12.8. The van der Waals surface area contributed by atoms with Crippen LogP contribution in [0.15, 0.2) is 54.6 Å². The summed E-state index contributed by atoms with van der Waals surface area (Å²) in [5.41, 5.74) is 2.01. The molecule has 0 radical (unpaired) electrons. The third-order valence-electron chi connectivity index (χ3n) is 5.15. The van der Waals surface area contributed by atoms with Crippen molar-refractivity contribution < 1.29 is 19.1 Å². The van der Waals surface area contributed by atoms with E-state index < -0.39 is 0 Å². The Morgan fingerprint density at radius 3 is 2.20 bits per heavy atom. The summed E-state index contributed by atoms with van der Waals surface area (Å²) in [5, 5.41) is 3.16. The molecule has 0 aromatic heterocycles. The second kappa shape index (κ2) is 10.6. The highest BCUT2D eigenvalue weighted by atomic mass is 16.6. The van der Waals surface area contributed by atoms with Gasteiger partial charge in [0.25, 0.3) is 0 Å². The van der Waals surface area contributed by atoms with E-state index in [2.05, 4.69) is 10.2 Å². The number of ether oxygens (including phenoxy) is 2. The van der Waals surface area contributed by atoms with Gasteiger partial charge in [-0.05, 0) is 30.2 Å². The average molecular weight is 412 g/mol. The highest BCUT2D eigenvalue weighted by Gasteiger charge is 2.24. The Kier molecular flexibility index (Phi) is 7.68. The first-order chi connectivity index (χ1) is 14.6. The molecular formula is C23H29N3O4. The smallest absolute Gasteiger partial charge is 0.409 e. The number of methoxy groups -OCH3 is 1. The van der Waals surface area contributed by atoms with E-state index in [0.717, 1.165) is 16.9 Å². The van der Waals surface area contributed by atoms with E-state index in [0.29, 0.717) is 32.8 Å². The van der Waals surface area contributed by atoms with E-state index in [1.165, 1.54) is 0 Å². The number of piperazine rings is 1. The predicted octanol–water partition coefficient (Wildman–Crippen LogP) is 2.67. The average Bonchev–Trinajstić information content (AvgIpc) is 2.79. The first-order valence-electron chi connectivity index (χ1n) is 10.2. The Morgan fingerprint density at radius 2 is 1.60 bits per heavy atom. The first kappa shape index (κ1) is 21.6. The van der Waals surface area contributed by atoms with Gasteiger partial charge in [-0.15, -0.1) is 0 Å². The SMILES string of the molecule is CCOC(=O)N1CCN(CC(=O)N[C@@H](c2ccccc2)c2ccc(OC)cc2)CC1. The summed E-state index contributed by atoms with van der Waals surface area (Å²) in [6.07, 6.45) is -0.287. The Labute approximate surface area is 177 Å². The third-order valence-corrected chi connectivity index (χ3v) is 5.15. The molecule has 7 nitrogen and oxygen atoms in total. The summed E-state index contributed by atoms with van der Waals surface area (Å²) < 4.78 is 10.3. The van der Waals surface area contributed by atoms with Gasteiger partial charge in [-0.1, -0.05) is 42.5 Å². The quantitative estimate of drug-likeness (QED) is 0.759. The van der Waals surface area contributed by atoms with Crippen LogP contribution in [0, 0.1) is 0 Å². The molecule has 0 aliphatic carbocycles. The topological polar surface area (TPSA) is 71.1 Å². The summed E-state index contributed by atoms with van der Waals surface area (Å²) in [6, 6.07) is 17.4. The lowest BCUT2D eigenvalue weighted by Crippen LogP contribution is -2.51. The second-order valence-electron chi connectivity index (χ2n) is 7.15. The van der Waals surface area contributed by atoms with E-state index in [4.69, 9.17) is 9.47 Å². The van der Waals surface area contributed by atoms with Crippen molar-refractivity contribution in [3.63, 3.8) is 0 Å². The Morgan fingerprint density at radius 1 is 0.967 bits per heavy atom. The molecule has 1 aliphatic rings. The molecule has 3 rings (SSSR count). The van der Waals surface area contributed by atoms with Crippen molar-refractivity contribution in [2.24, 2.45) is 0 Å². The molecular weight excluding hydrogens is 382 g/mol. The molecule has 0 saturated carbocycles. The van der Waals surface area contributed by atoms with Gasteiger partial charge in [-0.3, -0.25) is 9.69 Å². The molecule has 1 heterocycles. The normalized spacial score (nSPS) is 15.3. The number of nitrogens with zero attached hydrogens (tertiary/aromatic N) is 2. The number of carbonyl (C=O) groups excluding carboxylic acids is 2. The fraction of sp³-hybridized carbons (Fsp3) is 0.391. The van der Waals surface area contributed by atoms with Gasteiger partial charge in [0.05, 0.1) is 26.3 Å². The van der Waals surface area contributed by atoms with Crippen LogP contribution in [-0.2, 0) is 9.53 Å². The molecule has 0 bridgehead atoms. The van der Waals surface area contributed by atoms with Crippen molar-refractivity contribution in [2.75, 3.05) is 46.4 Å². The number of nitrogens with one attached hydrogen (secondary N) is 1. The minimum Gasteiger partial charge on any atom is -0.497 e. The summed E-state index contributed by atoms with van der Waals surface area (Å²) in [6.45, 7) is 4.86. The standard InChI is InChI=1S/C23H29N3O4/c1-3-30-23(28)26-15-13-25(14-16-26)17-21(27)24-22(18-7-5-4-6-8-18)19-9-11-20(29-2)12-10-19/h4-12,22H,3,13-17H2,1-2H3,(H,24,27)/t22-/m0/s1. The van der Waals surface area contributed by atoms with Crippen LogP contribution in [-0.4, -0.2) is 68.2 Å². The van der Waals surface area contributed by atoms with Crippen molar-refractivity contribution in [2.45, 2.75) is 13.0 Å². The van der Waals surface area contributed by atoms with Gasteiger partial charge >= 0.3 is 6.09 Å². The van der Waals surface area contributed by atoms with Crippen LogP contribution in [0.25, 0.3) is 0 Å². The van der Waals surface area contributed by atoms with Crippen molar-refractivity contribution in [1.29, 1.82) is 0 Å². The lowest BCUT2D eigenvalue weighted by molar-refractivity contribution is -0.123. The summed E-state index contributed by atoms with van der Waals surface area (Å²) in [7, 11) is 1.63. The number of rotatable bonds is 7. The van der Waals surface area contributed by atoms with Crippen molar-refractivity contribution in [3.05, 3.63) is 65.7 Å². The molecule has 1 fully saturated rings. The third kappa shape index (κ3) is 5.73. The first-order valence-corrected chi connectivity index (χ1v) is 10.2. The number of benzene rings is 2. The largest absolute Gasteiger partial charge is 0.497 e. The van der Waals surface area contributed by atoms with Crippen molar-refractivity contribution in [1.82, 2.24) is 15.1 Å². The van der Waals surface area contributed by atoms with Crippen LogP contribution in [0.5, 0.6) is 5.75 Å². The fourth-order valence-corrected chi connectivity index (χ4v) is 3.51. The van der Waals surface area contributed by atoms with Gasteiger partial charge in [0.2, 0.25) is 5.91 Å². The monoisotopic (exact) mass is 411 g/mol. The molecule has 0 unspecified atom stereocenters. The van der Waals surface area contributed by atoms with Crippen molar-refractivity contribution in [3.8, 4) is 5.75 Å². The maximum Gasteiger partial charge on any atom is 0.409 e. The van der Waals surface area contributed by atoms with Gasteiger partial charge in [0.1, 0.15) is 5.75 Å². The van der Waals surface area contributed by atoms with E-state index in [1.54, 1.807) is 18.9 Å². The molecule has 1 aliphatic heterocycles. The molecule has 30 heavy (non-hydrogen) atoms. The Balaban J connectivity index is 1.62. The van der Waals surface area contributed by atoms with Gasteiger partial charge in [-0.25, -0.2) is 4.79 Å². The molecule has 2 aromatic carbocycles. The molecule has 1 N–H and O–H groups in total. The van der Waals surface area contributed by atoms with E-state index in [9.17, 15) is 9.59 Å². The molecule has 2 aromatic rings. The second-order valence-corrected chi connectivity index (χ2v) is 7.15. The van der Waals surface area contributed by atoms with E-state index in [1.807, 2.05) is 54.6 Å². The van der Waals surface area contributed by atoms with Crippen LogP contribution >= 0.6 is 0 Å². The zero-order valence-corrected chi connectivity index (χ0v) is 17.5. The minimum atomic E-state index is -0.287. The van der Waals surface area contributed by atoms with Crippen LogP contribution in [0.3, 0.4) is 0 Å². The maximum absolute atomic E-state index is 12.8. The minimum absolute atomic E-state index is 0.0516.